The number of fused-ring (bicyclic) bond motifs is 1. The lowest BCUT2D eigenvalue weighted by Crippen LogP contribution is -2.41. The minimum Gasteiger partial charge on any atom is -0.386 e. The van der Waals surface area contributed by atoms with E-state index in [1.54, 1.807) is 18.2 Å². The average molecular weight is 351 g/mol. The summed E-state index contributed by atoms with van der Waals surface area (Å²) in [5.74, 6) is -2.34. The molecule has 1 aromatic carbocycles. The molecule has 0 aromatic heterocycles. The molecular weight excluding hydrogens is 339 g/mol. The summed E-state index contributed by atoms with van der Waals surface area (Å²) in [7, 11) is 2.70. The highest BCUT2D eigenvalue weighted by atomic mass is 35.5. The third-order valence-corrected chi connectivity index (χ3v) is 5.61. The average Bonchev–Trinajstić information content (AvgIpc) is 3.12. The quantitative estimate of drug-likeness (QED) is 0.842. The van der Waals surface area contributed by atoms with E-state index in [9.17, 15) is 10.5 Å². The van der Waals surface area contributed by atoms with E-state index in [0.29, 0.717) is 10.6 Å². The molecular formula is C15H12Cl2N4O2. The topological polar surface area (TPSA) is 104 Å². The maximum atomic E-state index is 9.90. The van der Waals surface area contributed by atoms with E-state index in [1.165, 1.54) is 14.2 Å². The number of hydrogen-bond acceptors (Lipinski definition) is 6. The number of ether oxygens (including phenoxy) is 2. The molecule has 0 spiro atoms. The standard InChI is InChI=1S/C15H12Cl2N4O2/c1-22-15(23-2)14(7-19)11(13(14,6-18)12(20)21-15)8-4-3-5-9(16)10(8)17/h3-5,11H,1-2H3,(H2,20,21)/t11-,13+,14-/m1/s1. The van der Waals surface area contributed by atoms with Crippen LogP contribution in [0.4, 0.5) is 0 Å². The van der Waals surface area contributed by atoms with E-state index in [0.717, 1.165) is 0 Å². The summed E-state index contributed by atoms with van der Waals surface area (Å²) in [5.41, 5.74) is 3.74. The van der Waals surface area contributed by atoms with Crippen molar-refractivity contribution in [2.24, 2.45) is 21.6 Å². The van der Waals surface area contributed by atoms with Crippen LogP contribution in [0.1, 0.15) is 11.5 Å². The van der Waals surface area contributed by atoms with Gasteiger partial charge in [-0.15, -0.1) is 0 Å². The lowest BCUT2D eigenvalue weighted by Gasteiger charge is -2.29. The van der Waals surface area contributed by atoms with Crippen molar-refractivity contribution in [3.8, 4) is 12.1 Å². The smallest absolute Gasteiger partial charge is 0.292 e. The zero-order valence-electron chi connectivity index (χ0n) is 12.3. The van der Waals surface area contributed by atoms with E-state index in [4.69, 9.17) is 38.4 Å². The van der Waals surface area contributed by atoms with Crippen LogP contribution >= 0.6 is 23.2 Å². The van der Waals surface area contributed by atoms with Gasteiger partial charge in [0.1, 0.15) is 11.3 Å². The molecule has 118 valence electrons. The summed E-state index contributed by atoms with van der Waals surface area (Å²) >= 11 is 12.4. The van der Waals surface area contributed by atoms with E-state index in [1.807, 2.05) is 0 Å². The fraction of sp³-hybridized carbons (Fsp3) is 0.400. The van der Waals surface area contributed by atoms with E-state index < -0.39 is 22.7 Å². The Hall–Kier alpha value is -1.83. The van der Waals surface area contributed by atoms with E-state index in [2.05, 4.69) is 17.1 Å². The van der Waals surface area contributed by atoms with Crippen LogP contribution in [0.2, 0.25) is 10.0 Å². The number of amidine groups is 1. The fourth-order valence-electron chi connectivity index (χ4n) is 3.73. The van der Waals surface area contributed by atoms with Crippen LogP contribution in [0.5, 0.6) is 0 Å². The second-order valence-electron chi connectivity index (χ2n) is 5.40. The van der Waals surface area contributed by atoms with Gasteiger partial charge >= 0.3 is 0 Å². The van der Waals surface area contributed by atoms with Gasteiger partial charge in [0, 0.05) is 20.1 Å². The molecule has 2 N–H and O–H groups in total. The van der Waals surface area contributed by atoms with Gasteiger partial charge in [-0.25, -0.2) is 4.99 Å². The van der Waals surface area contributed by atoms with Crippen LogP contribution < -0.4 is 5.73 Å². The summed E-state index contributed by atoms with van der Waals surface area (Å²) in [6.07, 6.45) is 0. The molecule has 6 nitrogen and oxygen atoms in total. The minimum atomic E-state index is -1.67. The summed E-state index contributed by atoms with van der Waals surface area (Å²) < 4.78 is 10.8. The highest BCUT2D eigenvalue weighted by molar-refractivity contribution is 6.42. The van der Waals surface area contributed by atoms with Gasteiger partial charge in [0.15, 0.2) is 5.41 Å². The first kappa shape index (κ1) is 16.0. The van der Waals surface area contributed by atoms with Gasteiger partial charge in [0.05, 0.1) is 22.2 Å². The Morgan fingerprint density at radius 3 is 2.39 bits per heavy atom. The molecule has 0 unspecified atom stereocenters. The SMILES string of the molecule is COC1(OC)N=C(N)[C@]2(C#N)[C@@H](c3cccc(Cl)c3Cl)[C@@]12C#N. The van der Waals surface area contributed by atoms with Crippen molar-refractivity contribution in [3.05, 3.63) is 33.8 Å². The lowest BCUT2D eigenvalue weighted by atomic mass is 9.93. The van der Waals surface area contributed by atoms with Crippen molar-refractivity contribution in [1.82, 2.24) is 0 Å². The summed E-state index contributed by atoms with van der Waals surface area (Å²) in [5, 5.41) is 20.3. The Morgan fingerprint density at radius 2 is 1.87 bits per heavy atom. The molecule has 0 saturated heterocycles. The van der Waals surface area contributed by atoms with Crippen molar-refractivity contribution >= 4 is 29.0 Å². The minimum absolute atomic E-state index is 0.00806. The number of nitriles is 2. The Kier molecular flexibility index (Phi) is 3.37. The molecule has 2 aliphatic rings. The molecule has 0 amide bonds. The molecule has 23 heavy (non-hydrogen) atoms. The maximum absolute atomic E-state index is 9.90. The van der Waals surface area contributed by atoms with E-state index in [-0.39, 0.29) is 10.9 Å². The van der Waals surface area contributed by atoms with Gasteiger partial charge in [-0.3, -0.25) is 0 Å². The van der Waals surface area contributed by atoms with Crippen molar-refractivity contribution in [3.63, 3.8) is 0 Å². The Balaban J connectivity index is 2.30. The zero-order chi connectivity index (χ0) is 17.0. The predicted molar refractivity (Wildman–Crippen MR) is 83.7 cm³/mol. The van der Waals surface area contributed by atoms with Crippen LogP contribution in [0.25, 0.3) is 0 Å². The molecule has 1 aliphatic carbocycles. The summed E-state index contributed by atoms with van der Waals surface area (Å²) in [6.45, 7) is 0. The van der Waals surface area contributed by atoms with E-state index >= 15 is 0 Å². The van der Waals surface area contributed by atoms with Gasteiger partial charge in [-0.1, -0.05) is 35.3 Å². The third kappa shape index (κ3) is 1.48. The van der Waals surface area contributed by atoms with Gasteiger partial charge in [0.25, 0.3) is 5.91 Å². The number of methoxy groups -OCH3 is 2. The number of nitrogens with zero attached hydrogens (tertiary/aromatic N) is 3. The first-order valence-corrected chi connectivity index (χ1v) is 7.40. The van der Waals surface area contributed by atoms with Crippen LogP contribution in [-0.2, 0) is 9.47 Å². The Morgan fingerprint density at radius 1 is 1.22 bits per heavy atom. The molecule has 0 bridgehead atoms. The molecule has 8 heteroatoms. The molecule has 1 saturated carbocycles. The maximum Gasteiger partial charge on any atom is 0.292 e. The largest absolute Gasteiger partial charge is 0.386 e. The molecule has 1 heterocycles. The van der Waals surface area contributed by atoms with Gasteiger partial charge in [-0.2, -0.15) is 10.5 Å². The summed E-state index contributed by atoms with van der Waals surface area (Å²) in [6, 6.07) is 9.32. The first-order valence-electron chi connectivity index (χ1n) is 6.65. The van der Waals surface area contributed by atoms with Crippen molar-refractivity contribution in [2.75, 3.05) is 14.2 Å². The number of hydrogen-bond donors (Lipinski definition) is 1. The highest BCUT2D eigenvalue weighted by Crippen LogP contribution is 2.82. The molecule has 1 aliphatic heterocycles. The van der Waals surface area contributed by atoms with Gasteiger partial charge in [-0.05, 0) is 11.6 Å². The number of halogens is 2. The van der Waals surface area contributed by atoms with Crippen LogP contribution in [0.3, 0.4) is 0 Å². The highest BCUT2D eigenvalue weighted by Gasteiger charge is 2.93. The van der Waals surface area contributed by atoms with Gasteiger partial charge in [0.2, 0.25) is 0 Å². The van der Waals surface area contributed by atoms with Crippen LogP contribution in [0.15, 0.2) is 23.2 Å². The predicted octanol–water partition coefficient (Wildman–Crippen LogP) is 2.43. The molecule has 3 rings (SSSR count). The van der Waals surface area contributed by atoms with Gasteiger partial charge < -0.3 is 15.2 Å². The summed E-state index contributed by atoms with van der Waals surface area (Å²) in [4.78, 5) is 4.13. The zero-order valence-corrected chi connectivity index (χ0v) is 13.8. The van der Waals surface area contributed by atoms with Crippen molar-refractivity contribution in [1.29, 1.82) is 10.5 Å². The Labute approximate surface area is 143 Å². The second kappa shape index (κ2) is 4.83. The second-order valence-corrected chi connectivity index (χ2v) is 6.19. The molecule has 1 aromatic rings. The number of rotatable bonds is 3. The lowest BCUT2D eigenvalue weighted by molar-refractivity contribution is -0.230. The monoisotopic (exact) mass is 350 g/mol. The molecule has 1 fully saturated rings. The number of benzene rings is 1. The Bertz CT molecular complexity index is 809. The fourth-order valence-corrected chi connectivity index (χ4v) is 4.15. The normalized spacial score (nSPS) is 33.3. The molecule has 0 radical (unpaired) electrons. The van der Waals surface area contributed by atoms with Crippen LogP contribution in [-0.4, -0.2) is 26.0 Å². The van der Waals surface area contributed by atoms with Crippen molar-refractivity contribution < 1.29 is 9.47 Å². The third-order valence-electron chi connectivity index (χ3n) is 4.77. The van der Waals surface area contributed by atoms with Crippen molar-refractivity contribution in [2.45, 2.75) is 11.8 Å². The van der Waals surface area contributed by atoms with Crippen LogP contribution in [0, 0.1) is 33.5 Å². The number of aliphatic imine (C=N–C) groups is 1. The molecule has 3 atom stereocenters. The first-order chi connectivity index (χ1) is 10.9. The number of nitrogens with two attached hydrogens (primary N) is 1.